The van der Waals surface area contributed by atoms with E-state index in [1.165, 1.54) is 16.8 Å². The number of hydrogen-bond acceptors (Lipinski definition) is 5. The highest BCUT2D eigenvalue weighted by atomic mass is 19.1. The fraction of sp³-hybridized carbons (Fsp3) is 0.450. The predicted octanol–water partition coefficient (Wildman–Crippen LogP) is 1.99. The van der Waals surface area contributed by atoms with Gasteiger partial charge in [-0.05, 0) is 50.5 Å². The van der Waals surface area contributed by atoms with E-state index in [-0.39, 0.29) is 11.6 Å². The Hall–Kier alpha value is -3.12. The summed E-state index contributed by atoms with van der Waals surface area (Å²) >= 11 is 0. The summed E-state index contributed by atoms with van der Waals surface area (Å²) in [6, 6.07) is 7.94. The summed E-state index contributed by atoms with van der Waals surface area (Å²) in [6.45, 7) is 4.83. The highest BCUT2D eigenvalue weighted by molar-refractivity contribution is 5.79. The molecule has 0 amide bonds. The summed E-state index contributed by atoms with van der Waals surface area (Å²) in [5.74, 6) is 0.664. The minimum absolute atomic E-state index is 0.255. The van der Waals surface area contributed by atoms with Gasteiger partial charge < -0.3 is 21.1 Å². The Balaban J connectivity index is 1.99. The van der Waals surface area contributed by atoms with Gasteiger partial charge in [0.1, 0.15) is 23.3 Å². The minimum Gasteiger partial charge on any atom is -0.385 e. The van der Waals surface area contributed by atoms with Crippen molar-refractivity contribution in [1.29, 1.82) is 5.26 Å². The molecule has 1 aromatic heterocycles. The smallest absolute Gasteiger partial charge is 0.191 e. The molecule has 156 valence electrons. The average Bonchev–Trinajstić information content (AvgIpc) is 3.04. The number of aromatic nitrogens is 2. The lowest BCUT2D eigenvalue weighted by Gasteiger charge is -2.10. The summed E-state index contributed by atoms with van der Waals surface area (Å²) in [5.41, 5.74) is 7.66. The fourth-order valence-corrected chi connectivity index (χ4v) is 2.76. The zero-order valence-corrected chi connectivity index (χ0v) is 16.9. The standard InChI is InChI=1S/C20H28FN7O/c1-3-24-20(26-12-5-13-29-2)25-11-4-6-18-17(14-22)19(23)28(27-18)16-9-7-15(21)8-10-16/h7-10H,3-6,11-13,23H2,1-2H3,(H2,24,25,26). The van der Waals surface area contributed by atoms with Gasteiger partial charge in [0.15, 0.2) is 5.96 Å². The molecule has 0 bridgehead atoms. The van der Waals surface area contributed by atoms with E-state index < -0.39 is 0 Å². The molecule has 0 unspecified atom stereocenters. The number of nitrogens with one attached hydrogen (secondary N) is 2. The number of nitrogens with zero attached hydrogens (tertiary/aromatic N) is 4. The molecule has 2 rings (SSSR count). The zero-order chi connectivity index (χ0) is 21.1. The normalized spacial score (nSPS) is 11.3. The average molecular weight is 401 g/mol. The summed E-state index contributed by atoms with van der Waals surface area (Å²) in [4.78, 5) is 4.54. The third-order valence-corrected chi connectivity index (χ3v) is 4.18. The summed E-state index contributed by atoms with van der Waals surface area (Å²) in [6.07, 6.45) is 2.17. The van der Waals surface area contributed by atoms with Gasteiger partial charge in [-0.15, -0.1) is 0 Å². The Bertz CT molecular complexity index is 840. The van der Waals surface area contributed by atoms with Crippen LogP contribution < -0.4 is 16.4 Å². The Morgan fingerprint density at radius 1 is 1.31 bits per heavy atom. The lowest BCUT2D eigenvalue weighted by Crippen LogP contribution is -2.38. The summed E-state index contributed by atoms with van der Waals surface area (Å²) < 4.78 is 19.7. The number of hydrogen-bond donors (Lipinski definition) is 3. The Labute approximate surface area is 170 Å². The molecule has 0 saturated carbocycles. The van der Waals surface area contributed by atoms with Gasteiger partial charge >= 0.3 is 0 Å². The van der Waals surface area contributed by atoms with E-state index >= 15 is 0 Å². The van der Waals surface area contributed by atoms with E-state index in [0.29, 0.717) is 42.9 Å². The van der Waals surface area contributed by atoms with Crippen LogP contribution in [0.2, 0.25) is 0 Å². The van der Waals surface area contributed by atoms with Crippen molar-refractivity contribution in [3.8, 4) is 11.8 Å². The molecule has 2 aromatic rings. The highest BCUT2D eigenvalue weighted by Crippen LogP contribution is 2.21. The molecule has 0 spiro atoms. The fourth-order valence-electron chi connectivity index (χ4n) is 2.76. The lowest BCUT2D eigenvalue weighted by molar-refractivity contribution is 0.195. The monoisotopic (exact) mass is 401 g/mol. The first-order valence-electron chi connectivity index (χ1n) is 9.65. The first kappa shape index (κ1) is 22.2. The zero-order valence-electron chi connectivity index (χ0n) is 16.9. The van der Waals surface area contributed by atoms with Crippen molar-refractivity contribution in [1.82, 2.24) is 20.4 Å². The van der Waals surface area contributed by atoms with E-state index in [9.17, 15) is 9.65 Å². The number of aryl methyl sites for hydroxylation is 1. The number of aliphatic imine (C=N–C) groups is 1. The predicted molar refractivity (Wildman–Crippen MR) is 111 cm³/mol. The quantitative estimate of drug-likeness (QED) is 0.319. The summed E-state index contributed by atoms with van der Waals surface area (Å²) in [5, 5.41) is 20.4. The van der Waals surface area contributed by atoms with Gasteiger partial charge in [-0.1, -0.05) is 0 Å². The number of nitriles is 1. The van der Waals surface area contributed by atoms with Gasteiger partial charge in [-0.25, -0.2) is 9.07 Å². The molecule has 0 aliphatic heterocycles. The molecule has 0 aliphatic rings. The number of guanidine groups is 1. The van der Waals surface area contributed by atoms with Crippen molar-refractivity contribution in [3.05, 3.63) is 41.3 Å². The van der Waals surface area contributed by atoms with E-state index in [1.807, 2.05) is 6.92 Å². The van der Waals surface area contributed by atoms with Crippen molar-refractivity contribution >= 4 is 11.8 Å². The van der Waals surface area contributed by atoms with Gasteiger partial charge in [-0.3, -0.25) is 4.99 Å². The van der Waals surface area contributed by atoms with Gasteiger partial charge in [0.2, 0.25) is 0 Å². The molecule has 0 saturated heterocycles. The molecule has 8 nitrogen and oxygen atoms in total. The molecule has 0 radical (unpaired) electrons. The van der Waals surface area contributed by atoms with Gasteiger partial charge in [-0.2, -0.15) is 10.4 Å². The van der Waals surface area contributed by atoms with Crippen molar-refractivity contribution < 1.29 is 9.13 Å². The molecule has 4 N–H and O–H groups in total. The molecule has 29 heavy (non-hydrogen) atoms. The number of halogens is 1. The summed E-state index contributed by atoms with van der Waals surface area (Å²) in [7, 11) is 1.68. The number of rotatable bonds is 10. The van der Waals surface area contributed by atoms with E-state index in [1.54, 1.807) is 19.2 Å². The largest absolute Gasteiger partial charge is 0.385 e. The number of nitrogen functional groups attached to an aromatic ring is 1. The molecule has 0 aliphatic carbocycles. The van der Waals surface area contributed by atoms with E-state index in [4.69, 9.17) is 10.5 Å². The van der Waals surface area contributed by atoms with Crippen LogP contribution in [0.25, 0.3) is 5.69 Å². The molecular formula is C20H28FN7O. The van der Waals surface area contributed by atoms with E-state index in [2.05, 4.69) is 26.8 Å². The van der Waals surface area contributed by atoms with Crippen LogP contribution in [0.1, 0.15) is 31.0 Å². The maximum absolute atomic E-state index is 13.2. The third-order valence-electron chi connectivity index (χ3n) is 4.18. The second kappa shape index (κ2) is 11.7. The molecular weight excluding hydrogens is 373 g/mol. The van der Waals surface area contributed by atoms with Crippen LogP contribution in [0.3, 0.4) is 0 Å². The number of methoxy groups -OCH3 is 1. The maximum Gasteiger partial charge on any atom is 0.191 e. The topological polar surface area (TPSA) is 113 Å². The number of benzene rings is 1. The van der Waals surface area contributed by atoms with Crippen molar-refractivity contribution in [2.45, 2.75) is 26.2 Å². The molecule has 1 heterocycles. The Kier molecular flexibility index (Phi) is 8.92. The van der Waals surface area contributed by atoms with Crippen LogP contribution in [0, 0.1) is 17.1 Å². The third kappa shape index (κ3) is 6.47. The van der Waals surface area contributed by atoms with Crippen molar-refractivity contribution in [2.24, 2.45) is 4.99 Å². The van der Waals surface area contributed by atoms with Gasteiger partial charge in [0, 0.05) is 33.4 Å². The van der Waals surface area contributed by atoms with Gasteiger partial charge in [0.25, 0.3) is 0 Å². The maximum atomic E-state index is 13.2. The molecule has 9 heteroatoms. The highest BCUT2D eigenvalue weighted by Gasteiger charge is 2.16. The lowest BCUT2D eigenvalue weighted by atomic mass is 10.1. The number of nitrogens with two attached hydrogens (primary N) is 1. The van der Waals surface area contributed by atoms with Crippen LogP contribution in [0.15, 0.2) is 29.3 Å². The van der Waals surface area contributed by atoms with Crippen LogP contribution in [0.5, 0.6) is 0 Å². The second-order valence-electron chi connectivity index (χ2n) is 6.34. The first-order chi connectivity index (χ1) is 14.1. The van der Waals surface area contributed by atoms with Crippen LogP contribution >= 0.6 is 0 Å². The van der Waals surface area contributed by atoms with Crippen molar-refractivity contribution in [2.75, 3.05) is 39.1 Å². The van der Waals surface area contributed by atoms with E-state index in [0.717, 1.165) is 25.5 Å². The van der Waals surface area contributed by atoms with Crippen LogP contribution in [-0.4, -0.2) is 49.1 Å². The van der Waals surface area contributed by atoms with Crippen molar-refractivity contribution in [3.63, 3.8) is 0 Å². The van der Waals surface area contributed by atoms with Crippen LogP contribution in [0.4, 0.5) is 10.2 Å². The van der Waals surface area contributed by atoms with Gasteiger partial charge in [0.05, 0.1) is 11.4 Å². The van der Waals surface area contributed by atoms with Crippen LogP contribution in [-0.2, 0) is 11.2 Å². The molecule has 1 aromatic carbocycles. The molecule has 0 fully saturated rings. The number of anilines is 1. The molecule has 0 atom stereocenters. The SMILES string of the molecule is CCNC(=NCCCc1nn(-c2ccc(F)cc2)c(N)c1C#N)NCCCOC. The Morgan fingerprint density at radius 3 is 2.72 bits per heavy atom. The first-order valence-corrected chi connectivity index (χ1v) is 9.65. The number of ether oxygens (including phenoxy) is 1. The second-order valence-corrected chi connectivity index (χ2v) is 6.34. The minimum atomic E-state index is -0.342. The Morgan fingerprint density at radius 2 is 2.07 bits per heavy atom.